The molecule has 1 unspecified atom stereocenters. The zero-order chi connectivity index (χ0) is 17.2. The van der Waals surface area contributed by atoms with Crippen LogP contribution in [-0.4, -0.2) is 31.8 Å². The van der Waals surface area contributed by atoms with Crippen molar-refractivity contribution in [2.75, 3.05) is 20.2 Å². The standard InChI is InChI=1S/C18H24FN3O2/c1-12-14-9-13(19)5-6-15(14)24-16(12)10-21-17(20-3)22-11-18(2)7-4-8-23-18/h5-6,9H,4,7-8,10-11H2,1-3H3,(H2,20,21,22). The molecule has 1 aliphatic heterocycles. The second-order valence-electron chi connectivity index (χ2n) is 6.47. The van der Waals surface area contributed by atoms with Crippen molar-refractivity contribution in [1.82, 2.24) is 10.6 Å². The molecule has 0 saturated carbocycles. The zero-order valence-electron chi connectivity index (χ0n) is 14.4. The second kappa shape index (κ2) is 6.81. The number of halogens is 1. The van der Waals surface area contributed by atoms with Gasteiger partial charge in [-0.15, -0.1) is 0 Å². The number of ether oxygens (including phenoxy) is 1. The van der Waals surface area contributed by atoms with Crippen LogP contribution in [0.3, 0.4) is 0 Å². The normalized spacial score (nSPS) is 21.4. The number of nitrogens with one attached hydrogen (secondary N) is 2. The van der Waals surface area contributed by atoms with Gasteiger partial charge in [-0.3, -0.25) is 4.99 Å². The Morgan fingerprint density at radius 2 is 2.21 bits per heavy atom. The first kappa shape index (κ1) is 16.8. The summed E-state index contributed by atoms with van der Waals surface area (Å²) in [5.41, 5.74) is 1.50. The molecule has 0 amide bonds. The molecule has 1 aliphatic rings. The number of rotatable bonds is 4. The third-order valence-electron chi connectivity index (χ3n) is 4.57. The van der Waals surface area contributed by atoms with Gasteiger partial charge < -0.3 is 19.8 Å². The molecule has 2 aromatic rings. The molecule has 0 spiro atoms. The molecular weight excluding hydrogens is 309 g/mol. The van der Waals surface area contributed by atoms with E-state index in [2.05, 4.69) is 22.5 Å². The highest BCUT2D eigenvalue weighted by Crippen LogP contribution is 2.26. The topological polar surface area (TPSA) is 58.8 Å². The Labute approximate surface area is 141 Å². The van der Waals surface area contributed by atoms with Crippen molar-refractivity contribution in [2.45, 2.75) is 38.8 Å². The number of hydrogen-bond acceptors (Lipinski definition) is 3. The molecule has 1 atom stereocenters. The Morgan fingerprint density at radius 3 is 2.92 bits per heavy atom. The summed E-state index contributed by atoms with van der Waals surface area (Å²) in [4.78, 5) is 4.23. The van der Waals surface area contributed by atoms with Crippen molar-refractivity contribution in [3.8, 4) is 0 Å². The van der Waals surface area contributed by atoms with Gasteiger partial charge in [0.25, 0.3) is 0 Å². The lowest BCUT2D eigenvalue weighted by Gasteiger charge is -2.24. The van der Waals surface area contributed by atoms with Crippen LogP contribution in [0.2, 0.25) is 0 Å². The molecule has 2 N–H and O–H groups in total. The average molecular weight is 333 g/mol. The van der Waals surface area contributed by atoms with Crippen molar-refractivity contribution in [2.24, 2.45) is 4.99 Å². The molecule has 1 saturated heterocycles. The fraction of sp³-hybridized carbons (Fsp3) is 0.500. The van der Waals surface area contributed by atoms with E-state index in [1.807, 2.05) is 6.92 Å². The number of hydrogen-bond donors (Lipinski definition) is 2. The Balaban J connectivity index is 1.62. The van der Waals surface area contributed by atoms with E-state index in [1.165, 1.54) is 12.1 Å². The Morgan fingerprint density at radius 1 is 1.38 bits per heavy atom. The highest BCUT2D eigenvalue weighted by Gasteiger charge is 2.29. The van der Waals surface area contributed by atoms with Gasteiger partial charge in [-0.25, -0.2) is 4.39 Å². The number of furan rings is 1. The SMILES string of the molecule is CN=C(NCc1oc2ccc(F)cc2c1C)NCC1(C)CCCO1. The molecule has 0 bridgehead atoms. The first-order chi connectivity index (χ1) is 11.5. The van der Waals surface area contributed by atoms with E-state index in [9.17, 15) is 4.39 Å². The summed E-state index contributed by atoms with van der Waals surface area (Å²) in [5, 5.41) is 7.34. The Hall–Kier alpha value is -2.08. The first-order valence-corrected chi connectivity index (χ1v) is 8.27. The monoisotopic (exact) mass is 333 g/mol. The van der Waals surface area contributed by atoms with E-state index < -0.39 is 0 Å². The van der Waals surface area contributed by atoms with Crippen molar-refractivity contribution in [3.63, 3.8) is 0 Å². The predicted octanol–water partition coefficient (Wildman–Crippen LogP) is 3.11. The lowest BCUT2D eigenvalue weighted by atomic mass is 10.0. The van der Waals surface area contributed by atoms with Gasteiger partial charge in [0.1, 0.15) is 17.2 Å². The number of guanidine groups is 1. The van der Waals surface area contributed by atoms with Crippen LogP contribution in [0.5, 0.6) is 0 Å². The minimum atomic E-state index is -0.256. The molecule has 24 heavy (non-hydrogen) atoms. The number of aryl methyl sites for hydroxylation is 1. The largest absolute Gasteiger partial charge is 0.459 e. The zero-order valence-corrected chi connectivity index (χ0v) is 14.4. The van der Waals surface area contributed by atoms with Crippen LogP contribution < -0.4 is 10.6 Å². The van der Waals surface area contributed by atoms with Crippen molar-refractivity contribution < 1.29 is 13.5 Å². The third-order valence-corrected chi connectivity index (χ3v) is 4.57. The van der Waals surface area contributed by atoms with Crippen LogP contribution in [0.4, 0.5) is 4.39 Å². The quantitative estimate of drug-likeness (QED) is 0.667. The molecular formula is C18H24FN3O2. The van der Waals surface area contributed by atoms with E-state index >= 15 is 0 Å². The lowest BCUT2D eigenvalue weighted by Crippen LogP contribution is -2.45. The summed E-state index contributed by atoms with van der Waals surface area (Å²) in [6.07, 6.45) is 2.14. The number of aliphatic imine (C=N–C) groups is 1. The molecule has 0 aliphatic carbocycles. The van der Waals surface area contributed by atoms with Gasteiger partial charge in [0.05, 0.1) is 12.1 Å². The van der Waals surface area contributed by atoms with E-state index in [0.29, 0.717) is 24.6 Å². The van der Waals surface area contributed by atoms with Gasteiger partial charge in [0.2, 0.25) is 0 Å². The summed E-state index contributed by atoms with van der Waals surface area (Å²) in [6.45, 7) is 6.05. The van der Waals surface area contributed by atoms with Gasteiger partial charge in [-0.05, 0) is 44.9 Å². The maximum atomic E-state index is 13.4. The highest BCUT2D eigenvalue weighted by atomic mass is 19.1. The van der Waals surface area contributed by atoms with E-state index in [-0.39, 0.29) is 11.4 Å². The molecule has 3 rings (SSSR count). The van der Waals surface area contributed by atoms with Crippen molar-refractivity contribution >= 4 is 16.9 Å². The number of benzene rings is 1. The van der Waals surface area contributed by atoms with Crippen LogP contribution in [0.15, 0.2) is 27.6 Å². The first-order valence-electron chi connectivity index (χ1n) is 8.27. The number of nitrogens with zero attached hydrogens (tertiary/aromatic N) is 1. The minimum absolute atomic E-state index is 0.134. The molecule has 6 heteroatoms. The minimum Gasteiger partial charge on any atom is -0.459 e. The van der Waals surface area contributed by atoms with Gasteiger partial charge >= 0.3 is 0 Å². The predicted molar refractivity (Wildman–Crippen MR) is 92.7 cm³/mol. The molecule has 130 valence electrons. The molecule has 1 aromatic carbocycles. The summed E-state index contributed by atoms with van der Waals surface area (Å²) in [7, 11) is 1.73. The molecule has 1 fully saturated rings. The van der Waals surface area contributed by atoms with E-state index in [1.54, 1.807) is 13.1 Å². The molecule has 5 nitrogen and oxygen atoms in total. The fourth-order valence-corrected chi connectivity index (χ4v) is 3.04. The van der Waals surface area contributed by atoms with Crippen molar-refractivity contribution in [3.05, 3.63) is 35.3 Å². The Bertz CT molecular complexity index is 748. The molecule has 0 radical (unpaired) electrons. The summed E-state index contributed by atoms with van der Waals surface area (Å²) in [5.74, 6) is 1.22. The summed E-state index contributed by atoms with van der Waals surface area (Å²) >= 11 is 0. The van der Waals surface area contributed by atoms with Crippen LogP contribution in [0, 0.1) is 12.7 Å². The molecule has 2 heterocycles. The molecule has 1 aromatic heterocycles. The maximum absolute atomic E-state index is 13.4. The average Bonchev–Trinajstić information content (AvgIpc) is 3.13. The summed E-state index contributed by atoms with van der Waals surface area (Å²) in [6, 6.07) is 4.57. The van der Waals surface area contributed by atoms with Gasteiger partial charge in [-0.1, -0.05) is 0 Å². The maximum Gasteiger partial charge on any atom is 0.191 e. The van der Waals surface area contributed by atoms with Crippen molar-refractivity contribution in [1.29, 1.82) is 0 Å². The smallest absolute Gasteiger partial charge is 0.191 e. The lowest BCUT2D eigenvalue weighted by molar-refractivity contribution is 0.0243. The van der Waals surface area contributed by atoms with E-state index in [0.717, 1.165) is 36.2 Å². The van der Waals surface area contributed by atoms with Crippen LogP contribution in [0.25, 0.3) is 11.0 Å². The highest BCUT2D eigenvalue weighted by molar-refractivity contribution is 5.83. The fourth-order valence-electron chi connectivity index (χ4n) is 3.04. The van der Waals surface area contributed by atoms with Crippen LogP contribution in [-0.2, 0) is 11.3 Å². The second-order valence-corrected chi connectivity index (χ2v) is 6.47. The van der Waals surface area contributed by atoms with Gasteiger partial charge in [0.15, 0.2) is 5.96 Å². The van der Waals surface area contributed by atoms with Gasteiger partial charge in [0, 0.05) is 31.1 Å². The Kier molecular flexibility index (Phi) is 4.76. The van der Waals surface area contributed by atoms with Crippen LogP contribution in [0.1, 0.15) is 31.1 Å². The third kappa shape index (κ3) is 3.53. The number of fused-ring (bicyclic) bond motifs is 1. The van der Waals surface area contributed by atoms with Crippen LogP contribution >= 0.6 is 0 Å². The summed E-state index contributed by atoms with van der Waals surface area (Å²) < 4.78 is 25.0. The van der Waals surface area contributed by atoms with E-state index in [4.69, 9.17) is 9.15 Å². The van der Waals surface area contributed by atoms with Gasteiger partial charge in [-0.2, -0.15) is 0 Å².